The van der Waals surface area contributed by atoms with Gasteiger partial charge in [-0.1, -0.05) is 13.0 Å². The van der Waals surface area contributed by atoms with Crippen molar-refractivity contribution >= 4 is 17.6 Å². The molecule has 2 unspecified atom stereocenters. The Bertz CT molecular complexity index is 1030. The number of ether oxygens (including phenoxy) is 2. The van der Waals surface area contributed by atoms with E-state index in [9.17, 15) is 9.59 Å². The van der Waals surface area contributed by atoms with Crippen molar-refractivity contribution in [2.45, 2.75) is 70.5 Å². The molecule has 2 amide bonds. The molecule has 8 nitrogen and oxygen atoms in total. The lowest BCUT2D eigenvalue weighted by Gasteiger charge is -2.40. The molecule has 3 heterocycles. The van der Waals surface area contributed by atoms with Crippen molar-refractivity contribution in [3.8, 4) is 5.75 Å². The monoisotopic (exact) mass is 494 g/mol. The van der Waals surface area contributed by atoms with E-state index in [1.807, 2.05) is 37.3 Å². The van der Waals surface area contributed by atoms with Gasteiger partial charge >= 0.3 is 0 Å². The summed E-state index contributed by atoms with van der Waals surface area (Å²) in [6, 6.07) is 10.2. The van der Waals surface area contributed by atoms with E-state index in [0.717, 1.165) is 62.3 Å². The number of hydrogen-bond acceptors (Lipinski definition) is 6. The maximum atomic E-state index is 13.0. The lowest BCUT2D eigenvalue weighted by molar-refractivity contribution is 0.0922. The Morgan fingerprint density at radius 1 is 1.08 bits per heavy atom. The molecule has 2 N–H and O–H groups in total. The number of carbonyl (C=O) groups is 2. The highest BCUT2D eigenvalue weighted by atomic mass is 16.5. The smallest absolute Gasteiger partial charge is 0.252 e. The molecule has 0 radical (unpaired) electrons. The van der Waals surface area contributed by atoms with E-state index in [1.165, 1.54) is 0 Å². The van der Waals surface area contributed by atoms with Gasteiger partial charge < -0.3 is 25.0 Å². The fourth-order valence-corrected chi connectivity index (χ4v) is 5.41. The average molecular weight is 495 g/mol. The number of nitrogens with one attached hydrogen (secondary N) is 2. The first-order valence-electron chi connectivity index (χ1n) is 13.1. The van der Waals surface area contributed by atoms with Crippen LogP contribution < -0.4 is 20.3 Å². The fourth-order valence-electron chi connectivity index (χ4n) is 5.41. The van der Waals surface area contributed by atoms with Crippen molar-refractivity contribution in [1.82, 2.24) is 15.6 Å². The number of piperidine rings is 1. The van der Waals surface area contributed by atoms with E-state index in [2.05, 4.69) is 27.4 Å². The molecule has 0 aliphatic carbocycles. The van der Waals surface area contributed by atoms with Crippen molar-refractivity contribution in [1.29, 1.82) is 0 Å². The molecule has 8 heteroatoms. The first kappa shape index (κ1) is 25.9. The summed E-state index contributed by atoms with van der Waals surface area (Å²) in [5.74, 6) is 1.47. The summed E-state index contributed by atoms with van der Waals surface area (Å²) in [4.78, 5) is 32.4. The number of benzene rings is 1. The highest BCUT2D eigenvalue weighted by Crippen LogP contribution is 2.38. The topological polar surface area (TPSA) is 92.8 Å². The number of carbonyl (C=O) groups excluding carboxylic acids is 2. The zero-order valence-electron chi connectivity index (χ0n) is 21.6. The zero-order valence-corrected chi connectivity index (χ0v) is 21.6. The summed E-state index contributed by atoms with van der Waals surface area (Å²) in [6.45, 7) is 5.99. The van der Waals surface area contributed by atoms with Crippen molar-refractivity contribution < 1.29 is 19.1 Å². The second-order valence-corrected chi connectivity index (χ2v) is 9.69. The Labute approximate surface area is 213 Å². The predicted molar refractivity (Wildman–Crippen MR) is 140 cm³/mol. The summed E-state index contributed by atoms with van der Waals surface area (Å²) >= 11 is 0. The molecule has 0 saturated carbocycles. The Hall–Kier alpha value is -3.13. The second-order valence-electron chi connectivity index (χ2n) is 9.69. The molecule has 0 spiro atoms. The van der Waals surface area contributed by atoms with E-state index in [-0.39, 0.29) is 17.9 Å². The van der Waals surface area contributed by atoms with Crippen LogP contribution in [0.3, 0.4) is 0 Å². The van der Waals surface area contributed by atoms with Crippen LogP contribution in [0.5, 0.6) is 5.75 Å². The Morgan fingerprint density at radius 3 is 2.53 bits per heavy atom. The normalized spacial score (nSPS) is 20.8. The van der Waals surface area contributed by atoms with Gasteiger partial charge in [0.25, 0.3) is 11.8 Å². The van der Waals surface area contributed by atoms with Crippen LogP contribution >= 0.6 is 0 Å². The molecule has 4 rings (SSSR count). The zero-order chi connectivity index (χ0) is 25.5. The Kier molecular flexibility index (Phi) is 8.80. The number of methoxy groups -OCH3 is 1. The summed E-state index contributed by atoms with van der Waals surface area (Å²) in [7, 11) is 1.62. The first-order valence-corrected chi connectivity index (χ1v) is 13.1. The highest BCUT2D eigenvalue weighted by molar-refractivity contribution is 5.96. The molecule has 194 valence electrons. The lowest BCUT2D eigenvalue weighted by atomic mass is 9.96. The summed E-state index contributed by atoms with van der Waals surface area (Å²) in [6.07, 6.45) is 7.39. The van der Waals surface area contributed by atoms with Gasteiger partial charge in [-0.2, -0.15) is 0 Å². The number of amides is 2. The maximum absolute atomic E-state index is 13.0. The number of pyridine rings is 1. The van der Waals surface area contributed by atoms with Crippen LogP contribution in [0, 0.1) is 6.92 Å². The maximum Gasteiger partial charge on any atom is 0.252 e. The molecule has 2 aliphatic rings. The van der Waals surface area contributed by atoms with Gasteiger partial charge in [-0.25, -0.2) is 4.98 Å². The number of aromatic nitrogens is 1. The molecule has 36 heavy (non-hydrogen) atoms. The van der Waals surface area contributed by atoms with Crippen LogP contribution in [0.1, 0.15) is 71.7 Å². The van der Waals surface area contributed by atoms with Crippen molar-refractivity contribution in [2.24, 2.45) is 0 Å². The van der Waals surface area contributed by atoms with Crippen molar-refractivity contribution in [3.05, 3.63) is 53.2 Å². The van der Waals surface area contributed by atoms with Crippen LogP contribution in [0.4, 0.5) is 5.82 Å². The number of nitrogens with zero attached hydrogens (tertiary/aromatic N) is 2. The van der Waals surface area contributed by atoms with Crippen LogP contribution in [-0.4, -0.2) is 61.8 Å². The van der Waals surface area contributed by atoms with Gasteiger partial charge in [0.05, 0.1) is 12.7 Å². The molecular weight excluding hydrogens is 456 g/mol. The average Bonchev–Trinajstić information content (AvgIpc) is 3.16. The third-order valence-electron chi connectivity index (χ3n) is 7.19. The van der Waals surface area contributed by atoms with Crippen molar-refractivity contribution in [2.75, 3.05) is 31.8 Å². The minimum atomic E-state index is -0.109. The third-order valence-corrected chi connectivity index (χ3v) is 7.19. The summed E-state index contributed by atoms with van der Waals surface area (Å²) in [5.41, 5.74) is 2.08. The molecule has 2 aromatic rings. The van der Waals surface area contributed by atoms with E-state index >= 15 is 0 Å². The summed E-state index contributed by atoms with van der Waals surface area (Å²) < 4.78 is 10.8. The van der Waals surface area contributed by atoms with E-state index in [4.69, 9.17) is 9.47 Å². The highest BCUT2D eigenvalue weighted by Gasteiger charge is 2.41. The van der Waals surface area contributed by atoms with Crippen molar-refractivity contribution in [3.63, 3.8) is 0 Å². The fraction of sp³-hybridized carbons (Fsp3) is 0.536. The Balaban J connectivity index is 1.31. The molecule has 2 fully saturated rings. The van der Waals surface area contributed by atoms with E-state index < -0.39 is 0 Å². The quantitative estimate of drug-likeness (QED) is 0.461. The largest absolute Gasteiger partial charge is 0.496 e. The number of fused-ring (bicyclic) bond motifs is 2. The van der Waals surface area contributed by atoms with Gasteiger partial charge in [0.1, 0.15) is 11.6 Å². The van der Waals surface area contributed by atoms with Gasteiger partial charge in [-0.3, -0.25) is 9.59 Å². The first-order chi connectivity index (χ1) is 17.5. The number of hydrogen-bond donors (Lipinski definition) is 2. The lowest BCUT2D eigenvalue weighted by Crippen LogP contribution is -2.50. The van der Waals surface area contributed by atoms with Gasteiger partial charge in [0.2, 0.25) is 0 Å². The minimum Gasteiger partial charge on any atom is -0.496 e. The molecule has 2 atom stereocenters. The molecule has 2 aliphatic heterocycles. The second kappa shape index (κ2) is 12.2. The van der Waals surface area contributed by atoms with Gasteiger partial charge in [0, 0.05) is 55.2 Å². The minimum absolute atomic E-state index is 0.0466. The van der Waals surface area contributed by atoms with Crippen LogP contribution in [0.2, 0.25) is 0 Å². The van der Waals surface area contributed by atoms with Crippen LogP contribution in [0.25, 0.3) is 0 Å². The number of rotatable bonds is 11. The molecule has 2 saturated heterocycles. The SMILES string of the molecule is CCCOCCCNC(=O)c1ccc(N2C3CCC2CC(NC(=O)c2cccc(OC)c2C)C3)nc1. The molecule has 1 aromatic carbocycles. The van der Waals surface area contributed by atoms with Gasteiger partial charge in [0.15, 0.2) is 0 Å². The van der Waals surface area contributed by atoms with Crippen LogP contribution in [0.15, 0.2) is 36.5 Å². The van der Waals surface area contributed by atoms with Gasteiger partial charge in [-0.15, -0.1) is 0 Å². The molecular formula is C28H38N4O4. The predicted octanol–water partition coefficient (Wildman–Crippen LogP) is 3.87. The Morgan fingerprint density at radius 2 is 1.86 bits per heavy atom. The van der Waals surface area contributed by atoms with Gasteiger partial charge in [-0.05, 0) is 69.7 Å². The molecule has 1 aromatic heterocycles. The van der Waals surface area contributed by atoms with E-state index in [0.29, 0.717) is 36.4 Å². The summed E-state index contributed by atoms with van der Waals surface area (Å²) in [5, 5.41) is 6.19. The third kappa shape index (κ3) is 5.98. The van der Waals surface area contributed by atoms with E-state index in [1.54, 1.807) is 13.3 Å². The standard InChI is InChI=1S/C28H38N4O4/c1-4-14-36-15-6-13-29-27(33)20-9-12-26(30-18-20)32-22-10-11-23(32)17-21(16-22)31-28(34)24-7-5-8-25(35-3)19(24)2/h5,7-9,12,18,21-23H,4,6,10-11,13-17H2,1-3H3,(H,29,33)(H,31,34). The van der Waals surface area contributed by atoms with Crippen LogP contribution in [-0.2, 0) is 4.74 Å². The number of anilines is 1. The molecule has 2 bridgehead atoms.